The Kier molecular flexibility index (Phi) is 10.4. The number of nitrogens with zero attached hydrogens (tertiary/aromatic N) is 2. The van der Waals surface area contributed by atoms with Crippen molar-refractivity contribution >= 4 is 33.3 Å². The highest BCUT2D eigenvalue weighted by molar-refractivity contribution is 7.92. The second-order valence-corrected chi connectivity index (χ2v) is 12.7. The highest BCUT2D eigenvalue weighted by Gasteiger charge is 2.36. The number of anilines is 2. The number of rotatable bonds is 9. The molecule has 0 saturated heterocycles. The number of aliphatic hydroxyl groups excluding tert-OH is 1. The van der Waals surface area contributed by atoms with E-state index in [1.807, 2.05) is 0 Å². The Hall–Kier alpha value is -4.50. The summed E-state index contributed by atoms with van der Waals surface area (Å²) >= 11 is 0. The van der Waals surface area contributed by atoms with Crippen LogP contribution in [-0.4, -0.2) is 81.3 Å². The Bertz CT molecular complexity index is 1650. The average molecular weight is 665 g/mol. The molecule has 0 spiro atoms. The first kappa shape index (κ1) is 34.4. The quantitative estimate of drug-likeness (QED) is 0.296. The van der Waals surface area contributed by atoms with Gasteiger partial charge in [-0.25, -0.2) is 13.2 Å². The molecule has 3 aromatic carbocycles. The number of amides is 3. The van der Waals surface area contributed by atoms with Crippen LogP contribution in [0.25, 0.3) is 0 Å². The fraction of sp³-hybridized carbons (Fsp3) is 0.355. The number of carbonyl (C=O) groups excluding carboxylic acids is 2. The number of nitrogens with one attached hydrogen (secondary N) is 2. The molecule has 11 nitrogen and oxygen atoms in total. The zero-order valence-electron chi connectivity index (χ0n) is 25.5. The molecule has 3 atom stereocenters. The summed E-state index contributed by atoms with van der Waals surface area (Å²) in [6.45, 7) is 3.20. The molecule has 0 fully saturated rings. The number of urea groups is 1. The third kappa shape index (κ3) is 7.83. The van der Waals surface area contributed by atoms with Crippen molar-refractivity contribution in [2.45, 2.75) is 37.1 Å². The van der Waals surface area contributed by atoms with Gasteiger partial charge in [0, 0.05) is 25.2 Å². The lowest BCUT2D eigenvalue weighted by molar-refractivity contribution is -0.137. The predicted octanol–water partition coefficient (Wildman–Crippen LogP) is 4.90. The van der Waals surface area contributed by atoms with Crippen molar-refractivity contribution in [2.75, 3.05) is 43.9 Å². The van der Waals surface area contributed by atoms with Crippen molar-refractivity contribution in [2.24, 2.45) is 5.92 Å². The summed E-state index contributed by atoms with van der Waals surface area (Å²) in [6.07, 6.45) is -5.32. The maximum atomic E-state index is 13.7. The molecule has 1 heterocycles. The van der Waals surface area contributed by atoms with Gasteiger partial charge in [0.25, 0.3) is 15.9 Å². The lowest BCUT2D eigenvalue weighted by Crippen LogP contribution is -2.50. The van der Waals surface area contributed by atoms with Crippen molar-refractivity contribution in [1.82, 2.24) is 9.80 Å². The number of carbonyl (C=O) groups is 2. The van der Waals surface area contributed by atoms with Gasteiger partial charge in [-0.3, -0.25) is 9.52 Å². The minimum absolute atomic E-state index is 0.0192. The van der Waals surface area contributed by atoms with E-state index in [-0.39, 0.29) is 47.3 Å². The molecular formula is C31H35F3N4O7S. The van der Waals surface area contributed by atoms with E-state index in [4.69, 9.17) is 9.47 Å². The van der Waals surface area contributed by atoms with Crippen LogP contribution in [0, 0.1) is 5.92 Å². The van der Waals surface area contributed by atoms with Crippen molar-refractivity contribution < 1.29 is 45.8 Å². The maximum absolute atomic E-state index is 13.7. The van der Waals surface area contributed by atoms with Crippen molar-refractivity contribution in [3.05, 3.63) is 77.9 Å². The van der Waals surface area contributed by atoms with Gasteiger partial charge in [0.1, 0.15) is 11.9 Å². The van der Waals surface area contributed by atoms with Crippen molar-refractivity contribution in [3.8, 4) is 11.5 Å². The highest BCUT2D eigenvalue weighted by atomic mass is 32.2. The first-order valence-electron chi connectivity index (χ1n) is 14.2. The van der Waals surface area contributed by atoms with Gasteiger partial charge in [0.2, 0.25) is 0 Å². The van der Waals surface area contributed by atoms with Crippen LogP contribution in [0.3, 0.4) is 0 Å². The topological polar surface area (TPSA) is 138 Å². The maximum Gasteiger partial charge on any atom is 0.416 e. The van der Waals surface area contributed by atoms with Gasteiger partial charge in [-0.1, -0.05) is 13.0 Å². The van der Waals surface area contributed by atoms with Crippen molar-refractivity contribution in [1.29, 1.82) is 0 Å². The largest absolute Gasteiger partial charge is 0.497 e. The van der Waals surface area contributed by atoms with Crippen LogP contribution in [-0.2, 0) is 16.2 Å². The molecular weight excluding hydrogens is 629 g/mol. The second-order valence-electron chi connectivity index (χ2n) is 11.0. The van der Waals surface area contributed by atoms with E-state index in [9.17, 15) is 36.3 Å². The van der Waals surface area contributed by atoms with Gasteiger partial charge >= 0.3 is 12.2 Å². The predicted molar refractivity (Wildman–Crippen MR) is 165 cm³/mol. The number of benzene rings is 3. The first-order valence-corrected chi connectivity index (χ1v) is 15.7. The Morgan fingerprint density at radius 3 is 2.37 bits per heavy atom. The van der Waals surface area contributed by atoms with Crippen LogP contribution in [0.1, 0.15) is 29.8 Å². The molecule has 3 N–H and O–H groups in total. The molecule has 0 bridgehead atoms. The van der Waals surface area contributed by atoms with E-state index in [0.29, 0.717) is 5.75 Å². The van der Waals surface area contributed by atoms with Gasteiger partial charge in [0.05, 0.1) is 48.0 Å². The standard InChI is InChI=1S/C31H35F3N4O7S/c1-19-16-38(20(2)18-39)29(40)25-6-5-7-26(36-46(42,43)24-14-12-23(44-4)13-15-24)28(25)45-27(19)17-37(3)30(41)35-22-10-8-21(9-11-22)31(32,33)34/h5-15,19-20,27,36,39H,16-18H2,1-4H3,(H,35,41)/t19-,20+,27-/m0/s1. The summed E-state index contributed by atoms with van der Waals surface area (Å²) in [7, 11) is -1.24. The summed E-state index contributed by atoms with van der Waals surface area (Å²) in [6, 6.07) is 12.9. The van der Waals surface area contributed by atoms with Crippen LogP contribution < -0.4 is 19.5 Å². The van der Waals surface area contributed by atoms with Gasteiger partial charge < -0.3 is 29.7 Å². The van der Waals surface area contributed by atoms with E-state index in [1.165, 1.54) is 66.4 Å². The number of methoxy groups -OCH3 is 1. The number of sulfonamides is 1. The molecule has 3 amide bonds. The van der Waals surface area contributed by atoms with Crippen molar-refractivity contribution in [3.63, 3.8) is 0 Å². The lowest BCUT2D eigenvalue weighted by atomic mass is 9.99. The third-order valence-corrected chi connectivity index (χ3v) is 8.95. The SMILES string of the molecule is COc1ccc(S(=O)(=O)Nc2cccc3c2O[C@@H](CN(C)C(=O)Nc2ccc(C(F)(F)F)cc2)[C@@H](C)CN([C@H](C)CO)C3=O)cc1. The normalized spacial score (nSPS) is 17.6. The number of fused-ring (bicyclic) bond motifs is 1. The second kappa shape index (κ2) is 13.9. The van der Waals surface area contributed by atoms with Gasteiger partial charge in [-0.05, 0) is 67.6 Å². The van der Waals surface area contributed by atoms with Gasteiger partial charge in [-0.2, -0.15) is 13.2 Å². The summed E-state index contributed by atoms with van der Waals surface area (Å²) in [4.78, 5) is 29.4. The Labute approximate surface area is 265 Å². The number of alkyl halides is 3. The van der Waals surface area contributed by atoms with E-state index < -0.39 is 51.8 Å². The minimum Gasteiger partial charge on any atom is -0.497 e. The summed E-state index contributed by atoms with van der Waals surface area (Å²) in [5.41, 5.74) is -0.687. The molecule has 0 saturated carbocycles. The molecule has 0 aliphatic carbocycles. The fourth-order valence-electron chi connectivity index (χ4n) is 4.81. The van der Waals surface area contributed by atoms with E-state index in [0.717, 1.165) is 24.3 Å². The zero-order chi connectivity index (χ0) is 33.8. The number of hydrogen-bond acceptors (Lipinski definition) is 7. The zero-order valence-corrected chi connectivity index (χ0v) is 26.4. The Balaban J connectivity index is 1.64. The van der Waals surface area contributed by atoms with Gasteiger partial charge in [0.15, 0.2) is 5.75 Å². The number of likely N-dealkylation sites (N-methyl/N-ethyl adjacent to an activating group) is 1. The molecule has 4 rings (SSSR count). The van der Waals surface area contributed by atoms with Crippen LogP contribution in [0.5, 0.6) is 11.5 Å². The Morgan fingerprint density at radius 1 is 1.13 bits per heavy atom. The van der Waals surface area contributed by atoms with E-state index in [2.05, 4.69) is 10.0 Å². The number of halogens is 3. The van der Waals surface area contributed by atoms with E-state index in [1.54, 1.807) is 13.8 Å². The molecule has 0 radical (unpaired) electrons. The van der Waals surface area contributed by atoms with Crippen LogP contribution in [0.4, 0.5) is 29.3 Å². The smallest absolute Gasteiger partial charge is 0.416 e. The van der Waals surface area contributed by atoms with Crippen LogP contribution in [0.15, 0.2) is 71.6 Å². The van der Waals surface area contributed by atoms with E-state index >= 15 is 0 Å². The summed E-state index contributed by atoms with van der Waals surface area (Å²) in [5, 5.41) is 12.5. The molecule has 3 aromatic rings. The molecule has 248 valence electrons. The first-order chi connectivity index (χ1) is 21.6. The summed E-state index contributed by atoms with van der Waals surface area (Å²) < 4.78 is 79.5. The third-order valence-electron chi connectivity index (χ3n) is 7.57. The minimum atomic E-state index is -4.52. The monoisotopic (exact) mass is 664 g/mol. The molecule has 1 aliphatic rings. The highest BCUT2D eigenvalue weighted by Crippen LogP contribution is 2.36. The number of ether oxygens (including phenoxy) is 2. The summed E-state index contributed by atoms with van der Waals surface area (Å²) in [5.74, 6) is -0.522. The van der Waals surface area contributed by atoms with Gasteiger partial charge in [-0.15, -0.1) is 0 Å². The molecule has 0 unspecified atom stereocenters. The van der Waals surface area contributed by atoms with Crippen LogP contribution >= 0.6 is 0 Å². The number of hydrogen-bond donors (Lipinski definition) is 3. The number of para-hydroxylation sites is 1. The molecule has 0 aromatic heterocycles. The molecule has 46 heavy (non-hydrogen) atoms. The number of aliphatic hydroxyl groups is 1. The fourth-order valence-corrected chi connectivity index (χ4v) is 5.88. The Morgan fingerprint density at radius 2 is 1.78 bits per heavy atom. The average Bonchev–Trinajstić information content (AvgIpc) is 3.02. The lowest BCUT2D eigenvalue weighted by Gasteiger charge is -2.38. The molecule has 1 aliphatic heterocycles. The van der Waals surface area contributed by atoms with Crippen LogP contribution in [0.2, 0.25) is 0 Å². The molecule has 15 heteroatoms.